The minimum atomic E-state index is -1.00. The van der Waals surface area contributed by atoms with Gasteiger partial charge in [-0.05, 0) is 72.5 Å². The van der Waals surface area contributed by atoms with Gasteiger partial charge in [-0.2, -0.15) is 0 Å². The number of hydrogen-bond acceptors (Lipinski definition) is 8. The van der Waals surface area contributed by atoms with Gasteiger partial charge in [0, 0.05) is 23.3 Å². The van der Waals surface area contributed by atoms with Crippen LogP contribution in [0.15, 0.2) is 66.7 Å². The molecule has 210 valence electrons. The number of anilines is 1. The number of benzene rings is 3. The van der Waals surface area contributed by atoms with E-state index >= 15 is 0 Å². The van der Waals surface area contributed by atoms with Crippen LogP contribution in [0.3, 0.4) is 0 Å². The number of nitrogens with one attached hydrogen (secondary N) is 1. The third-order valence-corrected chi connectivity index (χ3v) is 6.86. The van der Waals surface area contributed by atoms with Crippen molar-refractivity contribution >= 4 is 35.4 Å². The number of nitrogens with two attached hydrogens (primary N) is 1. The number of hydrogen-bond donors (Lipinski definition) is 3. The Balaban J connectivity index is 1.74. The molecule has 0 radical (unpaired) electrons. The molecule has 3 rings (SSSR count). The Morgan fingerprint density at radius 1 is 1.15 bits per heavy atom. The third-order valence-electron chi connectivity index (χ3n) is 5.97. The molecule has 3 aromatic carbocycles. The highest BCUT2D eigenvalue weighted by atomic mass is 35.5. The van der Waals surface area contributed by atoms with Crippen LogP contribution in [0.1, 0.15) is 40.0 Å². The van der Waals surface area contributed by atoms with Gasteiger partial charge in [0.05, 0.1) is 38.5 Å². The monoisotopic (exact) mass is 577 g/mol. The van der Waals surface area contributed by atoms with Gasteiger partial charge in [-0.3, -0.25) is 9.10 Å². The molecule has 8 nitrogen and oxygen atoms in total. The zero-order valence-corrected chi connectivity index (χ0v) is 23.6. The maximum Gasteiger partial charge on any atom is 0.251 e. The average molecular weight is 578 g/mol. The van der Waals surface area contributed by atoms with Crippen molar-refractivity contribution in [1.82, 2.24) is 5.32 Å². The minimum Gasteiger partial charge on any atom is -0.394 e. The van der Waals surface area contributed by atoms with E-state index in [-0.39, 0.29) is 37.6 Å². The predicted octanol–water partition coefficient (Wildman–Crippen LogP) is 5.00. The number of rotatable bonds is 14. The fourth-order valence-electron chi connectivity index (χ4n) is 3.84. The van der Waals surface area contributed by atoms with Crippen LogP contribution >= 0.6 is 23.8 Å². The van der Waals surface area contributed by atoms with Crippen LogP contribution in [-0.2, 0) is 27.0 Å². The van der Waals surface area contributed by atoms with Crippen molar-refractivity contribution in [3.05, 3.63) is 99.8 Å². The lowest BCUT2D eigenvalue weighted by molar-refractivity contribution is -0.160. The van der Waals surface area contributed by atoms with Gasteiger partial charge in [0.15, 0.2) is 12.2 Å². The summed E-state index contributed by atoms with van der Waals surface area (Å²) < 4.78 is 25.9. The molecule has 3 aromatic rings. The molecule has 0 saturated heterocycles. The van der Waals surface area contributed by atoms with Crippen LogP contribution in [0.2, 0.25) is 5.02 Å². The summed E-state index contributed by atoms with van der Waals surface area (Å²) in [4.78, 5) is 17.8. The Hall–Kier alpha value is -2.70. The number of aliphatic hydroxyl groups is 1. The van der Waals surface area contributed by atoms with Crippen LogP contribution < -0.4 is 15.4 Å². The van der Waals surface area contributed by atoms with Gasteiger partial charge in [-0.15, -0.1) is 4.33 Å². The van der Waals surface area contributed by atoms with Crippen molar-refractivity contribution in [2.75, 3.05) is 31.7 Å². The standard InChI is InChI=1S/C28H33ClFN3O5S/c1-19(22-6-10-25(30)11-7-22)32-27(35)23-12-21(13-26(14-23)33(2)39-38-36-3)16-37-18-28(31,17-34)15-20-4-8-24(29)9-5-20/h4-14,19,34H,15-18,31H2,1-3H3,(H,32,35)/t19-,28?/m1/s1. The third kappa shape index (κ3) is 9.47. The Bertz CT molecular complexity index is 1220. The number of nitrogens with zero attached hydrogens (tertiary/aromatic N) is 1. The summed E-state index contributed by atoms with van der Waals surface area (Å²) in [6.45, 7) is 1.77. The van der Waals surface area contributed by atoms with Crippen molar-refractivity contribution in [3.8, 4) is 0 Å². The van der Waals surface area contributed by atoms with Gasteiger partial charge < -0.3 is 20.9 Å². The van der Waals surface area contributed by atoms with E-state index in [0.717, 1.165) is 23.4 Å². The van der Waals surface area contributed by atoms with Crippen molar-refractivity contribution < 1.29 is 28.2 Å². The average Bonchev–Trinajstić information content (AvgIpc) is 2.93. The maximum atomic E-state index is 13.3. The number of aliphatic hydroxyl groups excluding tert-OH is 1. The van der Waals surface area contributed by atoms with Gasteiger partial charge in [0.25, 0.3) is 5.91 Å². The largest absolute Gasteiger partial charge is 0.394 e. The molecule has 39 heavy (non-hydrogen) atoms. The summed E-state index contributed by atoms with van der Waals surface area (Å²) in [5.74, 6) is -0.656. The fraction of sp³-hybridized carbons (Fsp3) is 0.321. The normalized spacial score (nSPS) is 13.5. The zero-order valence-electron chi connectivity index (χ0n) is 22.0. The van der Waals surface area contributed by atoms with Gasteiger partial charge in [-0.25, -0.2) is 9.28 Å². The topological polar surface area (TPSA) is 106 Å². The smallest absolute Gasteiger partial charge is 0.251 e. The highest BCUT2D eigenvalue weighted by Crippen LogP contribution is 2.26. The quantitative estimate of drug-likeness (QED) is 0.106. The Labute approximate surface area is 237 Å². The molecule has 0 aliphatic heterocycles. The molecule has 1 amide bonds. The maximum absolute atomic E-state index is 13.3. The van der Waals surface area contributed by atoms with Crippen molar-refractivity contribution in [2.24, 2.45) is 5.73 Å². The molecule has 0 heterocycles. The molecule has 0 aromatic heterocycles. The lowest BCUT2D eigenvalue weighted by Crippen LogP contribution is -2.50. The molecule has 0 saturated carbocycles. The first-order chi connectivity index (χ1) is 18.6. The summed E-state index contributed by atoms with van der Waals surface area (Å²) in [6.07, 6.45) is 0.392. The molecule has 1 unspecified atom stereocenters. The molecular formula is C28H33ClFN3O5S. The van der Waals surface area contributed by atoms with E-state index in [0.29, 0.717) is 28.3 Å². The lowest BCUT2D eigenvalue weighted by Gasteiger charge is -2.27. The van der Waals surface area contributed by atoms with E-state index < -0.39 is 5.54 Å². The van der Waals surface area contributed by atoms with Crippen molar-refractivity contribution in [3.63, 3.8) is 0 Å². The fourth-order valence-corrected chi connectivity index (χ4v) is 4.31. The summed E-state index contributed by atoms with van der Waals surface area (Å²) in [5, 5.41) is 13.5. The number of carbonyl (C=O) groups is 1. The Morgan fingerprint density at radius 2 is 1.85 bits per heavy atom. The SMILES string of the molecule is COOSN(C)c1cc(COCC(N)(CO)Cc2ccc(Cl)cc2)cc(C(=O)N[C@H](C)c2ccc(F)cc2)c1. The van der Waals surface area contributed by atoms with Crippen LogP contribution in [0.5, 0.6) is 0 Å². The molecule has 0 aliphatic carbocycles. The molecule has 4 N–H and O–H groups in total. The predicted molar refractivity (Wildman–Crippen MR) is 152 cm³/mol. The molecule has 0 bridgehead atoms. The summed E-state index contributed by atoms with van der Waals surface area (Å²) in [5.41, 5.74) is 8.89. The molecule has 2 atom stereocenters. The molecule has 0 fully saturated rings. The van der Waals surface area contributed by atoms with Crippen LogP contribution in [0.25, 0.3) is 0 Å². The van der Waals surface area contributed by atoms with Gasteiger partial charge in [-0.1, -0.05) is 35.9 Å². The second-order valence-corrected chi connectivity index (χ2v) is 10.5. The van der Waals surface area contributed by atoms with Gasteiger partial charge >= 0.3 is 0 Å². The van der Waals surface area contributed by atoms with E-state index in [1.807, 2.05) is 25.1 Å². The highest BCUT2D eigenvalue weighted by molar-refractivity contribution is 7.95. The second-order valence-electron chi connectivity index (χ2n) is 9.26. The molecule has 0 spiro atoms. The number of carbonyl (C=O) groups excluding carboxylic acids is 1. The van der Waals surface area contributed by atoms with Gasteiger partial charge in [0.1, 0.15) is 5.82 Å². The number of ether oxygens (including phenoxy) is 1. The number of amides is 1. The van der Waals surface area contributed by atoms with Crippen LogP contribution in [-0.4, -0.2) is 43.9 Å². The summed E-state index contributed by atoms with van der Waals surface area (Å²) in [7, 11) is 3.15. The lowest BCUT2D eigenvalue weighted by atomic mass is 9.93. The molecular weight excluding hydrogens is 545 g/mol. The molecule has 0 aliphatic rings. The summed E-state index contributed by atoms with van der Waals surface area (Å²) in [6, 6.07) is 18.2. The highest BCUT2D eigenvalue weighted by Gasteiger charge is 2.25. The zero-order chi connectivity index (χ0) is 28.4. The van der Waals surface area contributed by atoms with E-state index in [9.17, 15) is 14.3 Å². The Morgan fingerprint density at radius 3 is 2.49 bits per heavy atom. The van der Waals surface area contributed by atoms with Crippen molar-refractivity contribution in [2.45, 2.75) is 31.5 Å². The number of halogens is 2. The summed E-state index contributed by atoms with van der Waals surface area (Å²) >= 11 is 6.91. The van der Waals surface area contributed by atoms with E-state index in [1.165, 1.54) is 19.2 Å². The van der Waals surface area contributed by atoms with Crippen molar-refractivity contribution in [1.29, 1.82) is 0 Å². The van der Waals surface area contributed by atoms with E-state index in [2.05, 4.69) is 10.2 Å². The van der Waals surface area contributed by atoms with E-state index in [1.54, 1.807) is 47.8 Å². The first kappa shape index (κ1) is 30.8. The first-order valence-electron chi connectivity index (χ1n) is 12.2. The first-order valence-corrected chi connectivity index (χ1v) is 13.2. The van der Waals surface area contributed by atoms with Gasteiger partial charge in [0.2, 0.25) is 0 Å². The second kappa shape index (κ2) is 14.6. The Kier molecular flexibility index (Phi) is 11.6. The minimum absolute atomic E-state index is 0.0802. The van der Waals surface area contributed by atoms with E-state index in [4.69, 9.17) is 26.4 Å². The molecule has 11 heteroatoms. The van der Waals surface area contributed by atoms with Crippen LogP contribution in [0, 0.1) is 5.82 Å². The van der Waals surface area contributed by atoms with Crippen LogP contribution in [0.4, 0.5) is 10.1 Å².